The molecule has 0 aliphatic carbocycles. The van der Waals surface area contributed by atoms with E-state index in [4.69, 9.17) is 16.0 Å². The van der Waals surface area contributed by atoms with E-state index in [9.17, 15) is 9.59 Å². The van der Waals surface area contributed by atoms with E-state index >= 15 is 0 Å². The van der Waals surface area contributed by atoms with E-state index in [-0.39, 0.29) is 18.8 Å². The van der Waals surface area contributed by atoms with Gasteiger partial charge in [0.25, 0.3) is 5.91 Å². The Morgan fingerprint density at radius 3 is 2.67 bits per heavy atom. The van der Waals surface area contributed by atoms with Crippen molar-refractivity contribution in [3.05, 3.63) is 47.3 Å². The van der Waals surface area contributed by atoms with Gasteiger partial charge in [-0.3, -0.25) is 9.59 Å². The largest absolute Gasteiger partial charge is 0.399 e. The minimum atomic E-state index is -0.604. The average molecular weight is 288 g/mol. The third kappa shape index (κ3) is 3.82. The maximum absolute atomic E-state index is 12.3. The Balaban J connectivity index is 2.21. The molecule has 0 atom stereocenters. The molecule has 0 fully saturated rings. The van der Waals surface area contributed by atoms with Crippen LogP contribution in [0.15, 0.2) is 34.9 Å². The smallest absolute Gasteiger partial charge is 0.276 e. The highest BCUT2D eigenvalue weighted by atomic mass is 16.5. The average Bonchev–Trinajstić information content (AvgIpc) is 2.83. The molecule has 7 heteroatoms. The molecule has 0 aliphatic rings. The molecule has 0 radical (unpaired) electrons. The van der Waals surface area contributed by atoms with Crippen molar-refractivity contribution < 1.29 is 14.1 Å². The van der Waals surface area contributed by atoms with E-state index in [0.717, 1.165) is 5.56 Å². The molecule has 0 saturated carbocycles. The first-order valence-corrected chi connectivity index (χ1v) is 6.31. The predicted octanol–water partition coefficient (Wildman–Crippen LogP) is 0.693. The minimum absolute atomic E-state index is 0.137. The fourth-order valence-corrected chi connectivity index (χ4v) is 1.93. The Morgan fingerprint density at radius 2 is 2.10 bits per heavy atom. The number of carbonyl (C=O) groups excluding carboxylic acids is 2. The molecule has 0 spiro atoms. The van der Waals surface area contributed by atoms with Gasteiger partial charge in [0, 0.05) is 18.3 Å². The lowest BCUT2D eigenvalue weighted by Crippen LogP contribution is -2.38. The summed E-state index contributed by atoms with van der Waals surface area (Å²) in [7, 11) is 0. The number of benzene rings is 1. The summed E-state index contributed by atoms with van der Waals surface area (Å²) in [6.45, 7) is 1.68. The van der Waals surface area contributed by atoms with Crippen molar-refractivity contribution in [2.24, 2.45) is 5.73 Å². The van der Waals surface area contributed by atoms with Crippen LogP contribution in [0.3, 0.4) is 0 Å². The van der Waals surface area contributed by atoms with Gasteiger partial charge in [0.1, 0.15) is 12.3 Å². The number of nitrogen functional groups attached to an aromatic ring is 1. The van der Waals surface area contributed by atoms with E-state index in [1.54, 1.807) is 25.1 Å². The number of hydrogen-bond acceptors (Lipinski definition) is 5. The highest BCUT2D eigenvalue weighted by Crippen LogP contribution is 2.12. The first-order chi connectivity index (χ1) is 9.95. The second-order valence-electron chi connectivity index (χ2n) is 4.70. The fraction of sp³-hybridized carbons (Fsp3) is 0.214. The second-order valence-corrected chi connectivity index (χ2v) is 4.70. The van der Waals surface area contributed by atoms with Gasteiger partial charge in [0.05, 0.1) is 0 Å². The van der Waals surface area contributed by atoms with E-state index < -0.39 is 11.8 Å². The topological polar surface area (TPSA) is 115 Å². The van der Waals surface area contributed by atoms with E-state index in [1.165, 1.54) is 11.0 Å². The number of carbonyl (C=O) groups is 2. The summed E-state index contributed by atoms with van der Waals surface area (Å²) in [6.07, 6.45) is 0. The number of aryl methyl sites for hydroxylation is 1. The van der Waals surface area contributed by atoms with Gasteiger partial charge in [-0.15, -0.1) is 0 Å². The number of nitrogens with zero attached hydrogens (tertiary/aromatic N) is 2. The highest BCUT2D eigenvalue weighted by Gasteiger charge is 2.21. The van der Waals surface area contributed by atoms with Crippen LogP contribution in [0.4, 0.5) is 5.69 Å². The zero-order valence-electron chi connectivity index (χ0n) is 11.6. The van der Waals surface area contributed by atoms with Crippen LogP contribution in [-0.2, 0) is 11.3 Å². The second kappa shape index (κ2) is 6.08. The van der Waals surface area contributed by atoms with Crippen LogP contribution in [0.25, 0.3) is 0 Å². The molecule has 2 amide bonds. The fourth-order valence-electron chi connectivity index (χ4n) is 1.93. The van der Waals surface area contributed by atoms with E-state index in [0.29, 0.717) is 11.4 Å². The number of anilines is 1. The standard InChI is InChI=1S/C14H16N4O3/c1-9-5-12(17-21-9)14(20)18(8-13(16)19)7-10-3-2-4-11(15)6-10/h2-6H,7-8,15H2,1H3,(H2,16,19). The Bertz CT molecular complexity index is 666. The molecule has 0 aliphatic heterocycles. The molecule has 4 N–H and O–H groups in total. The van der Waals surface area contributed by atoms with Crippen LogP contribution in [0.2, 0.25) is 0 Å². The number of nitrogens with two attached hydrogens (primary N) is 2. The van der Waals surface area contributed by atoms with Gasteiger partial charge in [-0.2, -0.15) is 0 Å². The van der Waals surface area contributed by atoms with Crippen LogP contribution in [-0.4, -0.2) is 28.4 Å². The molecule has 1 aromatic carbocycles. The Labute approximate surface area is 121 Å². The lowest BCUT2D eigenvalue weighted by Gasteiger charge is -2.20. The molecule has 1 aromatic heterocycles. The van der Waals surface area contributed by atoms with Crippen molar-refractivity contribution in [1.82, 2.24) is 10.1 Å². The molecule has 21 heavy (non-hydrogen) atoms. The number of rotatable bonds is 5. The normalized spacial score (nSPS) is 10.3. The zero-order valence-corrected chi connectivity index (χ0v) is 11.6. The first-order valence-electron chi connectivity index (χ1n) is 6.31. The minimum Gasteiger partial charge on any atom is -0.399 e. The van der Waals surface area contributed by atoms with Gasteiger partial charge < -0.3 is 20.9 Å². The Hall–Kier alpha value is -2.83. The predicted molar refractivity (Wildman–Crippen MR) is 76.0 cm³/mol. The summed E-state index contributed by atoms with van der Waals surface area (Å²) < 4.78 is 4.88. The van der Waals surface area contributed by atoms with Crippen molar-refractivity contribution in [2.45, 2.75) is 13.5 Å². The summed E-state index contributed by atoms with van der Waals surface area (Å²) >= 11 is 0. The molecule has 2 aromatic rings. The molecule has 0 unspecified atom stereocenters. The quantitative estimate of drug-likeness (QED) is 0.785. The molecule has 7 nitrogen and oxygen atoms in total. The van der Waals surface area contributed by atoms with Gasteiger partial charge >= 0.3 is 0 Å². The lowest BCUT2D eigenvalue weighted by atomic mass is 10.2. The zero-order chi connectivity index (χ0) is 15.4. The van der Waals surface area contributed by atoms with E-state index in [1.807, 2.05) is 6.07 Å². The SMILES string of the molecule is Cc1cc(C(=O)N(CC(N)=O)Cc2cccc(N)c2)no1. The third-order valence-corrected chi connectivity index (χ3v) is 2.81. The van der Waals surface area contributed by atoms with Crippen LogP contribution in [0.5, 0.6) is 0 Å². The van der Waals surface area contributed by atoms with Crippen molar-refractivity contribution in [2.75, 3.05) is 12.3 Å². The van der Waals surface area contributed by atoms with Crippen molar-refractivity contribution in [3.8, 4) is 0 Å². The Morgan fingerprint density at radius 1 is 1.33 bits per heavy atom. The molecule has 0 saturated heterocycles. The van der Waals surface area contributed by atoms with Crippen molar-refractivity contribution >= 4 is 17.5 Å². The van der Waals surface area contributed by atoms with Crippen molar-refractivity contribution in [1.29, 1.82) is 0 Å². The first kappa shape index (κ1) is 14.6. The molecule has 2 rings (SSSR count). The third-order valence-electron chi connectivity index (χ3n) is 2.81. The lowest BCUT2D eigenvalue weighted by molar-refractivity contribution is -0.118. The maximum Gasteiger partial charge on any atom is 0.276 e. The van der Waals surface area contributed by atoms with Crippen LogP contribution in [0, 0.1) is 6.92 Å². The number of hydrogen-bond donors (Lipinski definition) is 2. The number of amides is 2. The maximum atomic E-state index is 12.3. The molecule has 110 valence electrons. The number of primary amides is 1. The summed E-state index contributed by atoms with van der Waals surface area (Å²) in [4.78, 5) is 24.8. The van der Waals surface area contributed by atoms with Crippen LogP contribution >= 0.6 is 0 Å². The molecular weight excluding hydrogens is 272 g/mol. The van der Waals surface area contributed by atoms with Crippen molar-refractivity contribution in [3.63, 3.8) is 0 Å². The monoisotopic (exact) mass is 288 g/mol. The van der Waals surface area contributed by atoms with Crippen LogP contribution in [0.1, 0.15) is 21.8 Å². The van der Waals surface area contributed by atoms with Gasteiger partial charge in [0.15, 0.2) is 5.69 Å². The van der Waals surface area contributed by atoms with Gasteiger partial charge in [-0.25, -0.2) is 0 Å². The summed E-state index contributed by atoms with van der Waals surface area (Å²) in [5.41, 5.74) is 12.4. The van der Waals surface area contributed by atoms with Gasteiger partial charge in [-0.1, -0.05) is 17.3 Å². The van der Waals surface area contributed by atoms with Gasteiger partial charge in [-0.05, 0) is 24.6 Å². The summed E-state index contributed by atoms with van der Waals surface area (Å²) in [5.74, 6) is -0.512. The van der Waals surface area contributed by atoms with Gasteiger partial charge in [0.2, 0.25) is 5.91 Å². The highest BCUT2D eigenvalue weighted by molar-refractivity contribution is 5.94. The van der Waals surface area contributed by atoms with Crippen LogP contribution < -0.4 is 11.5 Å². The molecular formula is C14H16N4O3. The molecule has 0 bridgehead atoms. The number of aromatic nitrogens is 1. The van der Waals surface area contributed by atoms with E-state index in [2.05, 4.69) is 5.16 Å². The molecule has 1 heterocycles. The summed E-state index contributed by atoms with van der Waals surface area (Å²) in [5, 5.41) is 3.66. The summed E-state index contributed by atoms with van der Waals surface area (Å²) in [6, 6.07) is 8.57. The Kier molecular flexibility index (Phi) is 4.22.